The van der Waals surface area contributed by atoms with Crippen molar-refractivity contribution in [1.29, 1.82) is 0 Å². The molecule has 2 heterocycles. The van der Waals surface area contributed by atoms with Gasteiger partial charge in [-0.15, -0.1) is 13.2 Å². The van der Waals surface area contributed by atoms with Crippen LogP contribution in [0.5, 0.6) is 5.75 Å². The zero-order valence-corrected chi connectivity index (χ0v) is 14.8. The first-order valence-electron chi connectivity index (χ1n) is 8.61. The molecule has 1 aliphatic heterocycles. The minimum absolute atomic E-state index is 0.123. The first kappa shape index (κ1) is 19.2. The van der Waals surface area contributed by atoms with Crippen molar-refractivity contribution in [1.82, 2.24) is 9.88 Å². The number of likely N-dealkylation sites (N-methyl/N-ethyl adjacent to an activating group) is 1. The molecule has 0 N–H and O–H groups in total. The highest BCUT2D eigenvalue weighted by molar-refractivity contribution is 5.99. The fourth-order valence-corrected chi connectivity index (χ4v) is 3.17. The number of hydrogen-bond acceptors (Lipinski definition) is 4. The second-order valence-electron chi connectivity index (χ2n) is 6.39. The first-order valence-corrected chi connectivity index (χ1v) is 8.61. The van der Waals surface area contributed by atoms with E-state index in [1.165, 1.54) is 23.1 Å². The molecule has 1 aliphatic rings. The summed E-state index contributed by atoms with van der Waals surface area (Å²) in [5.74, 6) is -0.456. The average Bonchev–Trinajstić information content (AvgIpc) is 3.01. The van der Waals surface area contributed by atoms with E-state index in [2.05, 4.69) is 9.72 Å². The Morgan fingerprint density at radius 2 is 2.07 bits per heavy atom. The van der Waals surface area contributed by atoms with Crippen LogP contribution < -0.4 is 9.64 Å². The highest BCUT2D eigenvalue weighted by atomic mass is 19.4. The molecule has 1 amide bonds. The Labute approximate surface area is 155 Å². The van der Waals surface area contributed by atoms with E-state index in [4.69, 9.17) is 0 Å². The fraction of sp³-hybridized carbons (Fsp3) is 0.368. The molecule has 0 saturated carbocycles. The van der Waals surface area contributed by atoms with E-state index in [1.807, 2.05) is 30.1 Å². The summed E-state index contributed by atoms with van der Waals surface area (Å²) in [4.78, 5) is 20.5. The molecule has 0 radical (unpaired) electrons. The quantitative estimate of drug-likeness (QED) is 0.773. The second kappa shape index (κ2) is 7.96. The van der Waals surface area contributed by atoms with Gasteiger partial charge in [-0.3, -0.25) is 14.7 Å². The number of aromatic nitrogens is 1. The Bertz CT molecular complexity index is 783. The molecule has 0 bridgehead atoms. The van der Waals surface area contributed by atoms with Gasteiger partial charge in [-0.05, 0) is 37.7 Å². The standard InChI is InChI=1S/C19H20F3N3O2/c1-24(11-8-14-5-2-3-10-23-14)17-9-12-25(18(17)26)15-6-4-7-16(13-15)27-19(20,21)22/h2-7,10,13,17H,8-9,11-12H2,1H3. The lowest BCUT2D eigenvalue weighted by molar-refractivity contribution is -0.274. The summed E-state index contributed by atoms with van der Waals surface area (Å²) in [6.07, 6.45) is -1.70. The molecule has 1 aromatic carbocycles. The molecular formula is C19H20F3N3O2. The molecule has 2 aromatic rings. The summed E-state index contributed by atoms with van der Waals surface area (Å²) in [6, 6.07) is 10.9. The average molecular weight is 379 g/mol. The van der Waals surface area contributed by atoms with Gasteiger partial charge in [0, 0.05) is 43.2 Å². The van der Waals surface area contributed by atoms with Crippen molar-refractivity contribution in [3.63, 3.8) is 0 Å². The summed E-state index contributed by atoms with van der Waals surface area (Å²) < 4.78 is 41.2. The van der Waals surface area contributed by atoms with E-state index in [9.17, 15) is 18.0 Å². The molecule has 8 heteroatoms. The van der Waals surface area contributed by atoms with Crippen molar-refractivity contribution in [2.45, 2.75) is 25.2 Å². The Morgan fingerprint density at radius 3 is 2.78 bits per heavy atom. The smallest absolute Gasteiger partial charge is 0.406 e. The Hall–Kier alpha value is -2.61. The summed E-state index contributed by atoms with van der Waals surface area (Å²) in [5, 5.41) is 0. The molecule has 1 aromatic heterocycles. The van der Waals surface area contributed by atoms with Crippen molar-refractivity contribution in [3.05, 3.63) is 54.4 Å². The number of rotatable bonds is 6. The maximum atomic E-state index is 12.8. The van der Waals surface area contributed by atoms with Gasteiger partial charge in [0.15, 0.2) is 0 Å². The molecule has 27 heavy (non-hydrogen) atoms. The number of carbonyl (C=O) groups excluding carboxylic acids is 1. The van der Waals surface area contributed by atoms with Crippen LogP contribution in [0.15, 0.2) is 48.7 Å². The molecule has 3 rings (SSSR count). The number of benzene rings is 1. The number of amides is 1. The fourth-order valence-electron chi connectivity index (χ4n) is 3.17. The Morgan fingerprint density at radius 1 is 1.26 bits per heavy atom. The summed E-state index contributed by atoms with van der Waals surface area (Å²) >= 11 is 0. The summed E-state index contributed by atoms with van der Waals surface area (Å²) in [6.45, 7) is 1.12. The van der Waals surface area contributed by atoms with E-state index in [-0.39, 0.29) is 17.7 Å². The van der Waals surface area contributed by atoms with Crippen LogP contribution in [0.1, 0.15) is 12.1 Å². The van der Waals surface area contributed by atoms with E-state index in [0.717, 1.165) is 12.1 Å². The maximum Gasteiger partial charge on any atom is 0.573 e. The van der Waals surface area contributed by atoms with Crippen LogP contribution in [0.25, 0.3) is 0 Å². The van der Waals surface area contributed by atoms with Gasteiger partial charge in [0.25, 0.3) is 0 Å². The molecule has 1 fully saturated rings. The van der Waals surface area contributed by atoms with E-state index in [1.54, 1.807) is 12.3 Å². The number of alkyl halides is 3. The minimum atomic E-state index is -4.76. The predicted octanol–water partition coefficient (Wildman–Crippen LogP) is 3.26. The van der Waals surface area contributed by atoms with Gasteiger partial charge in [0.2, 0.25) is 5.91 Å². The summed E-state index contributed by atoms with van der Waals surface area (Å²) in [5.41, 5.74) is 1.35. The monoisotopic (exact) mass is 379 g/mol. The van der Waals surface area contributed by atoms with Crippen LogP contribution in [-0.4, -0.2) is 48.3 Å². The molecule has 1 saturated heterocycles. The number of hydrogen-bond donors (Lipinski definition) is 0. The van der Waals surface area contributed by atoms with Gasteiger partial charge in [0.05, 0.1) is 6.04 Å². The van der Waals surface area contributed by atoms with Crippen molar-refractivity contribution >= 4 is 11.6 Å². The SMILES string of the molecule is CN(CCc1ccccn1)C1CCN(c2cccc(OC(F)(F)F)c2)C1=O. The van der Waals surface area contributed by atoms with Crippen molar-refractivity contribution < 1.29 is 22.7 Å². The third-order valence-electron chi connectivity index (χ3n) is 4.52. The number of pyridine rings is 1. The van der Waals surface area contributed by atoms with Crippen LogP contribution in [0.4, 0.5) is 18.9 Å². The second-order valence-corrected chi connectivity index (χ2v) is 6.39. The molecule has 1 unspecified atom stereocenters. The van der Waals surface area contributed by atoms with Gasteiger partial charge in [-0.25, -0.2) is 0 Å². The highest BCUT2D eigenvalue weighted by Crippen LogP contribution is 2.29. The van der Waals surface area contributed by atoms with Gasteiger partial charge in [-0.2, -0.15) is 0 Å². The number of ether oxygens (including phenoxy) is 1. The molecular weight excluding hydrogens is 359 g/mol. The lowest BCUT2D eigenvalue weighted by atomic mass is 10.2. The summed E-state index contributed by atoms with van der Waals surface area (Å²) in [7, 11) is 1.87. The van der Waals surface area contributed by atoms with Crippen molar-refractivity contribution in [2.75, 3.05) is 25.0 Å². The van der Waals surface area contributed by atoms with Crippen molar-refractivity contribution in [2.24, 2.45) is 0 Å². The lowest BCUT2D eigenvalue weighted by Crippen LogP contribution is -2.40. The molecule has 5 nitrogen and oxygen atoms in total. The maximum absolute atomic E-state index is 12.8. The third kappa shape index (κ3) is 4.97. The van der Waals surface area contributed by atoms with E-state index in [0.29, 0.717) is 25.2 Å². The molecule has 0 aliphatic carbocycles. The molecule has 144 valence electrons. The van der Waals surface area contributed by atoms with Gasteiger partial charge in [0.1, 0.15) is 5.75 Å². The molecule has 1 atom stereocenters. The third-order valence-corrected chi connectivity index (χ3v) is 4.52. The van der Waals surface area contributed by atoms with Crippen LogP contribution in [0.3, 0.4) is 0 Å². The van der Waals surface area contributed by atoms with E-state index >= 15 is 0 Å². The van der Waals surface area contributed by atoms with Crippen LogP contribution in [-0.2, 0) is 11.2 Å². The van der Waals surface area contributed by atoms with Crippen LogP contribution in [0, 0.1) is 0 Å². The zero-order valence-electron chi connectivity index (χ0n) is 14.8. The van der Waals surface area contributed by atoms with Crippen LogP contribution in [0.2, 0.25) is 0 Å². The number of anilines is 1. The zero-order chi connectivity index (χ0) is 19.4. The number of nitrogens with zero attached hydrogens (tertiary/aromatic N) is 3. The number of carbonyl (C=O) groups is 1. The largest absolute Gasteiger partial charge is 0.573 e. The molecule has 0 spiro atoms. The number of halogens is 3. The topological polar surface area (TPSA) is 45.7 Å². The highest BCUT2D eigenvalue weighted by Gasteiger charge is 2.36. The van der Waals surface area contributed by atoms with E-state index < -0.39 is 6.36 Å². The predicted molar refractivity (Wildman–Crippen MR) is 94.5 cm³/mol. The Kier molecular flexibility index (Phi) is 5.65. The van der Waals surface area contributed by atoms with Crippen molar-refractivity contribution in [3.8, 4) is 5.75 Å². The van der Waals surface area contributed by atoms with Gasteiger partial charge < -0.3 is 9.64 Å². The van der Waals surface area contributed by atoms with Crippen LogP contribution >= 0.6 is 0 Å². The van der Waals surface area contributed by atoms with Gasteiger partial charge in [-0.1, -0.05) is 12.1 Å². The van der Waals surface area contributed by atoms with Gasteiger partial charge >= 0.3 is 6.36 Å². The normalized spacial score (nSPS) is 17.6. The first-order chi connectivity index (χ1) is 12.8. The minimum Gasteiger partial charge on any atom is -0.406 e. The lowest BCUT2D eigenvalue weighted by Gasteiger charge is -2.24. The Balaban J connectivity index is 1.63.